The Hall–Kier alpha value is -1.26. The van der Waals surface area contributed by atoms with Crippen LogP contribution >= 0.6 is 15.9 Å². The van der Waals surface area contributed by atoms with Crippen LogP contribution in [0.5, 0.6) is 0 Å². The molecule has 1 unspecified atom stereocenters. The summed E-state index contributed by atoms with van der Waals surface area (Å²) in [7, 11) is 0. The summed E-state index contributed by atoms with van der Waals surface area (Å²) >= 11 is 3.67. The molecule has 2 rings (SSSR count). The Morgan fingerprint density at radius 1 is 1.35 bits per heavy atom. The first-order chi connectivity index (χ1) is 9.60. The van der Waals surface area contributed by atoms with Gasteiger partial charge < -0.3 is 15.1 Å². The van der Waals surface area contributed by atoms with E-state index < -0.39 is 0 Å². The van der Waals surface area contributed by atoms with Gasteiger partial charge in [-0.05, 0) is 66.0 Å². The van der Waals surface area contributed by atoms with Crippen molar-refractivity contribution in [3.63, 3.8) is 0 Å². The molecule has 0 saturated carbocycles. The van der Waals surface area contributed by atoms with E-state index in [1.807, 2.05) is 19.1 Å². The van der Waals surface area contributed by atoms with E-state index in [9.17, 15) is 0 Å². The molecule has 0 radical (unpaired) electrons. The second-order valence-electron chi connectivity index (χ2n) is 5.06. The van der Waals surface area contributed by atoms with Crippen LogP contribution in [0.4, 0.5) is 5.69 Å². The normalized spacial score (nSPS) is 12.4. The maximum Gasteiger partial charge on any atom is 0.123 e. The lowest BCUT2D eigenvalue weighted by Crippen LogP contribution is -2.22. The molecule has 1 aromatic heterocycles. The van der Waals surface area contributed by atoms with Crippen molar-refractivity contribution in [3.8, 4) is 0 Å². The monoisotopic (exact) mass is 336 g/mol. The molecule has 1 heterocycles. The Labute approximate surface area is 128 Å². The molecule has 0 aliphatic carbocycles. The molecule has 0 saturated heterocycles. The zero-order chi connectivity index (χ0) is 14.5. The van der Waals surface area contributed by atoms with Crippen molar-refractivity contribution in [2.75, 3.05) is 11.4 Å². The number of benzene rings is 1. The summed E-state index contributed by atoms with van der Waals surface area (Å²) in [5.41, 5.74) is 8.28. The van der Waals surface area contributed by atoms with Crippen LogP contribution in [0.3, 0.4) is 0 Å². The topological polar surface area (TPSA) is 42.4 Å². The Balaban J connectivity index is 2.17. The lowest BCUT2D eigenvalue weighted by Gasteiger charge is -2.24. The van der Waals surface area contributed by atoms with E-state index >= 15 is 0 Å². The molecule has 1 atom stereocenters. The average Bonchev–Trinajstić information content (AvgIpc) is 2.89. The summed E-state index contributed by atoms with van der Waals surface area (Å²) in [5, 5.41) is 0. The smallest absolute Gasteiger partial charge is 0.123 e. The number of hydrogen-bond donors (Lipinski definition) is 1. The van der Waals surface area contributed by atoms with Gasteiger partial charge in [-0.3, -0.25) is 0 Å². The van der Waals surface area contributed by atoms with E-state index in [1.165, 1.54) is 11.3 Å². The SMILES string of the molecule is CCN(Cc1ccco1)c1ccc(CC(C)N)cc1Br. The molecule has 1 aromatic carbocycles. The molecule has 20 heavy (non-hydrogen) atoms. The first kappa shape index (κ1) is 15.1. The third-order valence-electron chi connectivity index (χ3n) is 3.22. The van der Waals surface area contributed by atoms with E-state index in [0.29, 0.717) is 0 Å². The highest BCUT2D eigenvalue weighted by atomic mass is 79.9. The number of rotatable bonds is 6. The standard InChI is InChI=1S/C16H21BrN2O/c1-3-19(11-14-5-4-8-20-14)16-7-6-13(9-12(2)18)10-15(16)17/h4-8,10,12H,3,9,11,18H2,1-2H3. The van der Waals surface area contributed by atoms with E-state index in [0.717, 1.165) is 29.7 Å². The minimum absolute atomic E-state index is 0.179. The van der Waals surface area contributed by atoms with Gasteiger partial charge in [-0.2, -0.15) is 0 Å². The third kappa shape index (κ3) is 3.87. The Morgan fingerprint density at radius 3 is 2.70 bits per heavy atom. The van der Waals surface area contributed by atoms with Gasteiger partial charge in [0.05, 0.1) is 18.5 Å². The maximum atomic E-state index is 5.85. The van der Waals surface area contributed by atoms with Crippen LogP contribution in [0.15, 0.2) is 45.5 Å². The van der Waals surface area contributed by atoms with Crippen molar-refractivity contribution in [2.45, 2.75) is 32.9 Å². The zero-order valence-corrected chi connectivity index (χ0v) is 13.6. The third-order valence-corrected chi connectivity index (χ3v) is 3.85. The van der Waals surface area contributed by atoms with Gasteiger partial charge in [-0.25, -0.2) is 0 Å². The van der Waals surface area contributed by atoms with Gasteiger partial charge in [-0.15, -0.1) is 0 Å². The molecule has 0 amide bonds. The van der Waals surface area contributed by atoms with Gasteiger partial charge in [-0.1, -0.05) is 6.07 Å². The number of anilines is 1. The van der Waals surface area contributed by atoms with E-state index in [1.54, 1.807) is 6.26 Å². The molecule has 0 aliphatic rings. The summed E-state index contributed by atoms with van der Waals surface area (Å²) in [6.45, 7) is 5.86. The Bertz CT molecular complexity index is 537. The number of nitrogens with two attached hydrogens (primary N) is 1. The maximum absolute atomic E-state index is 5.85. The van der Waals surface area contributed by atoms with Crippen molar-refractivity contribution >= 4 is 21.6 Å². The Kier molecular flexibility index (Phi) is 5.26. The first-order valence-electron chi connectivity index (χ1n) is 6.91. The summed E-state index contributed by atoms with van der Waals surface area (Å²) in [5.74, 6) is 0.971. The van der Waals surface area contributed by atoms with Crippen molar-refractivity contribution in [1.29, 1.82) is 0 Å². The highest BCUT2D eigenvalue weighted by Gasteiger charge is 2.11. The minimum atomic E-state index is 0.179. The molecular weight excluding hydrogens is 316 g/mol. The van der Waals surface area contributed by atoms with Crippen molar-refractivity contribution in [3.05, 3.63) is 52.4 Å². The van der Waals surface area contributed by atoms with Gasteiger partial charge in [0.1, 0.15) is 5.76 Å². The molecule has 0 aliphatic heterocycles. The quantitative estimate of drug-likeness (QED) is 0.868. The second kappa shape index (κ2) is 6.95. The molecule has 0 spiro atoms. The van der Waals surface area contributed by atoms with E-state index in [-0.39, 0.29) is 6.04 Å². The molecule has 0 bridgehead atoms. The van der Waals surface area contributed by atoms with Crippen LogP contribution in [0.1, 0.15) is 25.2 Å². The fraction of sp³-hybridized carbons (Fsp3) is 0.375. The van der Waals surface area contributed by atoms with Gasteiger partial charge in [0, 0.05) is 17.1 Å². The highest BCUT2D eigenvalue weighted by Crippen LogP contribution is 2.29. The van der Waals surface area contributed by atoms with Gasteiger partial charge in [0.2, 0.25) is 0 Å². The van der Waals surface area contributed by atoms with Crippen molar-refractivity contribution < 1.29 is 4.42 Å². The minimum Gasteiger partial charge on any atom is -0.467 e. The predicted molar refractivity (Wildman–Crippen MR) is 86.9 cm³/mol. The summed E-state index contributed by atoms with van der Waals surface area (Å²) in [4.78, 5) is 2.28. The lowest BCUT2D eigenvalue weighted by atomic mass is 10.1. The molecular formula is C16H21BrN2O. The summed E-state index contributed by atoms with van der Waals surface area (Å²) < 4.78 is 6.53. The molecule has 4 heteroatoms. The number of hydrogen-bond acceptors (Lipinski definition) is 3. The van der Waals surface area contributed by atoms with E-state index in [2.05, 4.69) is 46.0 Å². The van der Waals surface area contributed by atoms with Crippen LogP contribution < -0.4 is 10.6 Å². The lowest BCUT2D eigenvalue weighted by molar-refractivity contribution is 0.503. The fourth-order valence-electron chi connectivity index (χ4n) is 2.26. The first-order valence-corrected chi connectivity index (χ1v) is 7.70. The molecule has 108 valence electrons. The largest absolute Gasteiger partial charge is 0.467 e. The number of halogens is 1. The fourth-order valence-corrected chi connectivity index (χ4v) is 2.94. The average molecular weight is 337 g/mol. The number of nitrogens with zero attached hydrogens (tertiary/aromatic N) is 1. The summed E-state index contributed by atoms with van der Waals surface area (Å²) in [6.07, 6.45) is 2.60. The molecule has 0 fully saturated rings. The van der Waals surface area contributed by atoms with Crippen LogP contribution in [0, 0.1) is 0 Å². The van der Waals surface area contributed by atoms with Crippen LogP contribution in [0.2, 0.25) is 0 Å². The Morgan fingerprint density at radius 2 is 2.15 bits per heavy atom. The van der Waals surface area contributed by atoms with Gasteiger partial charge in [0.15, 0.2) is 0 Å². The predicted octanol–water partition coefficient (Wildman–Crippen LogP) is 3.96. The molecule has 2 N–H and O–H groups in total. The second-order valence-corrected chi connectivity index (χ2v) is 5.92. The summed E-state index contributed by atoms with van der Waals surface area (Å²) in [6, 6.07) is 10.6. The zero-order valence-electron chi connectivity index (χ0n) is 12.0. The van der Waals surface area contributed by atoms with Gasteiger partial charge >= 0.3 is 0 Å². The molecule has 3 nitrogen and oxygen atoms in total. The van der Waals surface area contributed by atoms with Crippen molar-refractivity contribution in [2.24, 2.45) is 5.73 Å². The van der Waals surface area contributed by atoms with Crippen LogP contribution in [-0.4, -0.2) is 12.6 Å². The van der Waals surface area contributed by atoms with Crippen LogP contribution in [0.25, 0.3) is 0 Å². The number of furan rings is 1. The highest BCUT2D eigenvalue weighted by molar-refractivity contribution is 9.10. The van der Waals surface area contributed by atoms with E-state index in [4.69, 9.17) is 10.2 Å². The van der Waals surface area contributed by atoms with Crippen molar-refractivity contribution in [1.82, 2.24) is 0 Å². The van der Waals surface area contributed by atoms with Gasteiger partial charge in [0.25, 0.3) is 0 Å². The van der Waals surface area contributed by atoms with Crippen LogP contribution in [-0.2, 0) is 13.0 Å². The molecule has 2 aromatic rings.